The molecule has 0 aliphatic rings. The Hall–Kier alpha value is -3.96. The summed E-state index contributed by atoms with van der Waals surface area (Å²) in [5.41, 5.74) is 1.97. The molecule has 0 fully saturated rings. The highest BCUT2D eigenvalue weighted by Gasteiger charge is 2.20. The monoisotopic (exact) mass is 565 g/mol. The maximum Gasteiger partial charge on any atom is 0.264 e. The first-order valence-electron chi connectivity index (χ1n) is 12.3. The van der Waals surface area contributed by atoms with Gasteiger partial charge in [0.15, 0.2) is 17.5 Å². The summed E-state index contributed by atoms with van der Waals surface area (Å²) >= 11 is 1.06. The molecule has 0 atom stereocenters. The number of anilines is 2. The van der Waals surface area contributed by atoms with Crippen LogP contribution in [0.4, 0.5) is 11.6 Å². The summed E-state index contributed by atoms with van der Waals surface area (Å²) in [5.74, 6) is -0.337. The van der Waals surface area contributed by atoms with Crippen LogP contribution in [0.3, 0.4) is 0 Å². The zero-order valence-corrected chi connectivity index (χ0v) is 23.2. The highest BCUT2D eigenvalue weighted by Crippen LogP contribution is 2.27. The van der Waals surface area contributed by atoms with Gasteiger partial charge in [0, 0.05) is 41.1 Å². The number of sulfonamides is 1. The minimum Gasteiger partial charge on any atom is -0.337 e. The van der Waals surface area contributed by atoms with Crippen molar-refractivity contribution in [1.29, 1.82) is 0 Å². The van der Waals surface area contributed by atoms with E-state index in [1.54, 1.807) is 38.1 Å². The van der Waals surface area contributed by atoms with Gasteiger partial charge in [-0.3, -0.25) is 9.59 Å². The van der Waals surface area contributed by atoms with Crippen LogP contribution < -0.4 is 14.6 Å². The lowest BCUT2D eigenvalue weighted by molar-refractivity contribution is -0.697. The molecule has 4 aromatic rings. The summed E-state index contributed by atoms with van der Waals surface area (Å²) in [6, 6.07) is 18.6. The van der Waals surface area contributed by atoms with Gasteiger partial charge in [0.25, 0.3) is 15.9 Å². The van der Waals surface area contributed by atoms with Gasteiger partial charge in [-0.1, -0.05) is 35.1 Å². The van der Waals surface area contributed by atoms with Crippen molar-refractivity contribution in [2.45, 2.75) is 49.4 Å². The van der Waals surface area contributed by atoms with Crippen LogP contribution in [0, 0.1) is 13.8 Å². The molecular weight excluding hydrogens is 536 g/mol. The Morgan fingerprint density at radius 1 is 0.949 bits per heavy atom. The van der Waals surface area contributed by atoms with Crippen molar-refractivity contribution < 1.29 is 27.1 Å². The normalized spacial score (nSPS) is 11.2. The molecule has 2 heterocycles. The van der Waals surface area contributed by atoms with Crippen molar-refractivity contribution in [2.75, 3.05) is 10.0 Å². The third-order valence-electron chi connectivity index (χ3n) is 5.99. The number of nitrogens with zero attached hydrogens (tertiary/aromatic N) is 2. The van der Waals surface area contributed by atoms with Gasteiger partial charge in [0.05, 0.1) is 16.2 Å². The lowest BCUT2D eigenvalue weighted by atomic mass is 10.2. The van der Waals surface area contributed by atoms with Crippen molar-refractivity contribution in [1.82, 2.24) is 5.16 Å². The minimum absolute atomic E-state index is 0.00108. The number of nitrogens with one attached hydrogen (secondary N) is 2. The lowest BCUT2D eigenvalue weighted by Gasteiger charge is -2.10. The van der Waals surface area contributed by atoms with E-state index in [0.29, 0.717) is 33.8 Å². The number of aromatic nitrogens is 2. The Labute approximate surface area is 231 Å². The van der Waals surface area contributed by atoms with Crippen molar-refractivity contribution in [3.8, 4) is 0 Å². The zero-order valence-electron chi connectivity index (χ0n) is 21.6. The van der Waals surface area contributed by atoms with Crippen LogP contribution in [0.15, 0.2) is 93.4 Å². The van der Waals surface area contributed by atoms with E-state index in [4.69, 9.17) is 4.52 Å². The highest BCUT2D eigenvalue weighted by atomic mass is 32.2. The fourth-order valence-corrected chi connectivity index (χ4v) is 5.63. The fraction of sp³-hybridized carbons (Fsp3) is 0.214. The predicted octanol–water partition coefficient (Wildman–Crippen LogP) is 5.12. The molecule has 0 saturated heterocycles. The molecule has 202 valence electrons. The van der Waals surface area contributed by atoms with Crippen LogP contribution in [-0.4, -0.2) is 24.6 Å². The number of amides is 1. The van der Waals surface area contributed by atoms with Crippen LogP contribution in [-0.2, 0) is 21.4 Å². The maximum absolute atomic E-state index is 13.0. The van der Waals surface area contributed by atoms with Gasteiger partial charge in [-0.2, -0.15) is 0 Å². The van der Waals surface area contributed by atoms with Crippen molar-refractivity contribution in [3.05, 3.63) is 95.9 Å². The molecule has 2 aromatic carbocycles. The number of benzene rings is 2. The first-order chi connectivity index (χ1) is 18.7. The molecular formula is C28H29N4O5S2+. The largest absolute Gasteiger partial charge is 0.337 e. The number of carbonyl (C=O) groups is 2. The molecule has 1 amide bonds. The van der Waals surface area contributed by atoms with Gasteiger partial charge in [-0.15, -0.1) is 0 Å². The number of aryl methyl sites for hydroxylation is 2. The van der Waals surface area contributed by atoms with Crippen LogP contribution in [0.2, 0.25) is 0 Å². The van der Waals surface area contributed by atoms with Gasteiger partial charge < -0.3 is 9.84 Å². The molecule has 9 nitrogen and oxygen atoms in total. The Kier molecular flexibility index (Phi) is 9.15. The number of carbonyl (C=O) groups excluding carboxylic acids is 2. The summed E-state index contributed by atoms with van der Waals surface area (Å²) in [6.45, 7) is 4.26. The van der Waals surface area contributed by atoms with Gasteiger partial charge in [-0.25, -0.2) is 17.7 Å². The summed E-state index contributed by atoms with van der Waals surface area (Å²) in [6.07, 6.45) is 6.03. The lowest BCUT2D eigenvalue weighted by Crippen LogP contribution is -2.32. The standard InChI is InChI=1S/C28H28N4O5S2/c1-20-21(2)30-37-28(20)31-39(35,36)23-15-13-22(14-16-23)29-27(34)24-10-4-5-11-25(24)38-26(33)12-6-9-19-32-17-7-3-8-18-32/h3-5,7-8,10-11,13-18H,6,9,12,19H2,1-2H3,(H-,29,30,31,34)/p+1. The number of rotatable bonds is 11. The molecule has 0 aliphatic carbocycles. The molecule has 0 aliphatic heterocycles. The average molecular weight is 566 g/mol. The molecule has 0 unspecified atom stereocenters. The Balaban J connectivity index is 1.34. The van der Waals surface area contributed by atoms with E-state index in [1.807, 2.05) is 30.6 Å². The molecule has 0 radical (unpaired) electrons. The van der Waals surface area contributed by atoms with Crippen LogP contribution in [0.5, 0.6) is 0 Å². The second kappa shape index (κ2) is 12.7. The number of unbranched alkanes of at least 4 members (excludes halogenated alkanes) is 1. The van der Waals surface area contributed by atoms with Crippen LogP contribution >= 0.6 is 11.8 Å². The highest BCUT2D eigenvalue weighted by molar-refractivity contribution is 8.13. The van der Waals surface area contributed by atoms with E-state index >= 15 is 0 Å². The zero-order chi connectivity index (χ0) is 27.8. The quantitative estimate of drug-likeness (QED) is 0.147. The molecule has 0 spiro atoms. The summed E-state index contributed by atoms with van der Waals surface area (Å²) in [7, 11) is -3.90. The molecule has 0 saturated carbocycles. The smallest absolute Gasteiger partial charge is 0.264 e. The topological polar surface area (TPSA) is 122 Å². The van der Waals surface area contributed by atoms with E-state index < -0.39 is 15.9 Å². The van der Waals surface area contributed by atoms with Crippen molar-refractivity contribution in [3.63, 3.8) is 0 Å². The van der Waals surface area contributed by atoms with Gasteiger partial charge >= 0.3 is 0 Å². The Morgan fingerprint density at radius 3 is 2.36 bits per heavy atom. The molecule has 11 heteroatoms. The van der Waals surface area contributed by atoms with E-state index in [2.05, 4.69) is 19.8 Å². The second-order valence-corrected chi connectivity index (χ2v) is 11.6. The van der Waals surface area contributed by atoms with Crippen molar-refractivity contribution >= 4 is 44.4 Å². The number of thioether (sulfide) groups is 1. The van der Waals surface area contributed by atoms with Gasteiger partial charge in [0.2, 0.25) is 5.88 Å². The van der Waals surface area contributed by atoms with Crippen LogP contribution in [0.25, 0.3) is 0 Å². The summed E-state index contributed by atoms with van der Waals surface area (Å²) in [5, 5.41) is 6.52. The SMILES string of the molecule is Cc1noc(NS(=O)(=O)c2ccc(NC(=O)c3ccccc3SC(=O)CCCC[n+]3ccccc3)cc2)c1C. The Morgan fingerprint density at radius 2 is 1.67 bits per heavy atom. The maximum atomic E-state index is 13.0. The van der Waals surface area contributed by atoms with E-state index in [9.17, 15) is 18.0 Å². The van der Waals surface area contributed by atoms with Crippen LogP contribution in [0.1, 0.15) is 40.9 Å². The number of hydrogen-bond acceptors (Lipinski definition) is 7. The third kappa shape index (κ3) is 7.55. The van der Waals surface area contributed by atoms with Crippen molar-refractivity contribution in [2.24, 2.45) is 0 Å². The second-order valence-electron chi connectivity index (χ2n) is 8.85. The van der Waals surface area contributed by atoms with E-state index in [-0.39, 0.29) is 15.9 Å². The number of pyridine rings is 1. The minimum atomic E-state index is -3.90. The molecule has 2 N–H and O–H groups in total. The molecule has 39 heavy (non-hydrogen) atoms. The van der Waals surface area contributed by atoms with E-state index in [1.165, 1.54) is 24.3 Å². The summed E-state index contributed by atoms with van der Waals surface area (Å²) in [4.78, 5) is 26.2. The molecule has 4 rings (SSSR count). The molecule has 2 aromatic heterocycles. The number of hydrogen-bond donors (Lipinski definition) is 2. The average Bonchev–Trinajstić information content (AvgIpc) is 3.24. The van der Waals surface area contributed by atoms with Gasteiger partial charge in [0.1, 0.15) is 6.54 Å². The van der Waals surface area contributed by atoms with E-state index in [0.717, 1.165) is 31.1 Å². The first-order valence-corrected chi connectivity index (χ1v) is 14.6. The van der Waals surface area contributed by atoms with Gasteiger partial charge in [-0.05, 0) is 56.7 Å². The Bertz CT molecular complexity index is 1550. The summed E-state index contributed by atoms with van der Waals surface area (Å²) < 4.78 is 34.9. The fourth-order valence-electron chi connectivity index (χ4n) is 3.67. The predicted molar refractivity (Wildman–Crippen MR) is 149 cm³/mol. The molecule has 0 bridgehead atoms. The first kappa shape index (κ1) is 28.1. The third-order valence-corrected chi connectivity index (χ3v) is 8.34.